The van der Waals surface area contributed by atoms with Crippen molar-refractivity contribution < 1.29 is 117 Å². The number of aromatic nitrogens is 3. The maximum Gasteiger partial charge on any atom is 0.260 e. The number of phenols is 3. The summed E-state index contributed by atoms with van der Waals surface area (Å²) in [5.41, 5.74) is 20.5. The minimum atomic E-state index is -2.17. The molecule has 0 unspecified atom stereocenters. The number of H-pyrrole nitrogens is 2. The van der Waals surface area contributed by atoms with Gasteiger partial charge in [-0.1, -0.05) is 61.5 Å². The van der Waals surface area contributed by atoms with E-state index in [1.807, 2.05) is 0 Å². The molecule has 2 aromatic heterocycles. The van der Waals surface area contributed by atoms with Gasteiger partial charge in [0.15, 0.2) is 24.6 Å². The van der Waals surface area contributed by atoms with Crippen molar-refractivity contribution in [2.24, 2.45) is 39.0 Å². The van der Waals surface area contributed by atoms with Gasteiger partial charge in [-0.15, -0.1) is 0 Å². The fourth-order valence-electron chi connectivity index (χ4n) is 16.8. The zero-order valence-electron chi connectivity index (χ0n) is 73.4. The number of amides is 12. The summed E-state index contributed by atoms with van der Waals surface area (Å²) in [6, 6.07) is 2.70. The van der Waals surface area contributed by atoms with E-state index in [0.29, 0.717) is 34.1 Å². The van der Waals surface area contributed by atoms with Gasteiger partial charge in [0.25, 0.3) is 5.91 Å². The van der Waals surface area contributed by atoms with Crippen molar-refractivity contribution in [2.45, 2.75) is 221 Å². The van der Waals surface area contributed by atoms with E-state index in [4.69, 9.17) is 42.0 Å². The lowest BCUT2D eigenvalue weighted by Gasteiger charge is -2.42. The first-order chi connectivity index (χ1) is 62.9. The minimum Gasteiger partial charge on any atom is -0.508 e. The number of para-hydroxylation sites is 1. The Labute approximate surface area is 756 Å². The number of nitrogens with one attached hydrogen (secondary N) is 12. The third-order valence-electron chi connectivity index (χ3n) is 23.7. The van der Waals surface area contributed by atoms with Gasteiger partial charge in [-0.05, 0) is 113 Å². The molecule has 4 aromatic carbocycles. The van der Waals surface area contributed by atoms with E-state index >= 15 is 9.59 Å². The number of likely N-dealkylation sites (tertiary alicyclic amines) is 1. The van der Waals surface area contributed by atoms with Gasteiger partial charge in [0.2, 0.25) is 70.8 Å². The molecular weight excluding hydrogens is 1720 g/mol. The maximum absolute atomic E-state index is 15.3. The van der Waals surface area contributed by atoms with Crippen LogP contribution < -0.4 is 80.8 Å². The normalized spacial score (nSPS) is 20.8. The number of guanidine groups is 1. The van der Waals surface area contributed by atoms with Gasteiger partial charge in [0.05, 0.1) is 67.3 Å². The molecule has 3 saturated heterocycles. The number of unbranched alkanes of at least 4 members (excludes halogenated alkanes) is 1. The third-order valence-corrected chi connectivity index (χ3v) is 23.7. The molecule has 12 amide bonds. The van der Waals surface area contributed by atoms with Gasteiger partial charge in [-0.3, -0.25) is 72.1 Å². The predicted molar refractivity (Wildman–Crippen MR) is 470 cm³/mol. The highest BCUT2D eigenvalue weighted by molar-refractivity contribution is 6.31. The number of ketones is 2. The Balaban J connectivity index is 0.830. The fraction of sp³-hybridized carbons (Fsp3) is 0.489. The minimum absolute atomic E-state index is 0.000381. The SMILES string of the molecule is COc1cccc2c1C(=O)c1c(O)c3c(c(O)c1C2=O)C[C@@](O)(/C(C)=N/OCC(=O)NCCCC[C@@H](NC(=O)[C@H](Cc1ccc(O)cc1)NC(=O)[C@H](CO)NC(=O)[C@H](Cc1c[nH]c2ccccc12)NC(=O)[C@H](Cc1cnc[nH]1)NC(=O)[C@@H]1CCC(=O)N1)C(=O)N[C@@H](CC(C)C)C(=O)N[C@@H](CCCN=C(N)N)C(=O)N1CCC[C@H]1C(=O)NCC(N)=O)C[C@@H]3O[C@H]1C[C@H](N)[C@H](O)[C@H](C)O1. The van der Waals surface area contributed by atoms with Crippen molar-refractivity contribution in [3.63, 3.8) is 0 Å². The van der Waals surface area contributed by atoms with Crippen molar-refractivity contribution in [1.29, 1.82) is 0 Å². The Kier molecular flexibility index (Phi) is 33.5. The summed E-state index contributed by atoms with van der Waals surface area (Å²) < 4.78 is 17.8. The summed E-state index contributed by atoms with van der Waals surface area (Å²) in [5, 5.41) is 100. The number of hydrogen-bond donors (Lipinski definition) is 22. The second-order valence-electron chi connectivity index (χ2n) is 33.8. The molecule has 11 rings (SSSR count). The lowest BCUT2D eigenvalue weighted by Crippen LogP contribution is -2.61. The number of hydrogen-bond acceptors (Lipinski definition) is 28. The number of aliphatic imine (C=N–C) groups is 1. The van der Waals surface area contributed by atoms with Gasteiger partial charge in [-0.2, -0.15) is 0 Å². The van der Waals surface area contributed by atoms with E-state index in [0.717, 1.165) is 0 Å². The Hall–Kier alpha value is -13.7. The van der Waals surface area contributed by atoms with E-state index < -0.39 is 229 Å². The summed E-state index contributed by atoms with van der Waals surface area (Å²) in [6.45, 7) is 3.84. The molecule has 710 valence electrons. The number of nitrogens with two attached hydrogens (primary N) is 4. The molecule has 0 bridgehead atoms. The monoisotopic (exact) mass is 1830 g/mol. The van der Waals surface area contributed by atoms with E-state index in [9.17, 15) is 88.2 Å². The number of aromatic hydroxyl groups is 3. The molecular formula is C88H114N20O24. The smallest absolute Gasteiger partial charge is 0.260 e. The molecule has 44 heteroatoms. The van der Waals surface area contributed by atoms with Crippen LogP contribution in [0.4, 0.5) is 0 Å². The number of primary amides is 1. The van der Waals surface area contributed by atoms with Crippen molar-refractivity contribution in [1.82, 2.24) is 73.0 Å². The number of carbonyl (C=O) groups excluding carboxylic acids is 14. The molecule has 5 heterocycles. The quantitative estimate of drug-likeness (QED) is 0.00600. The number of imidazole rings is 1. The summed E-state index contributed by atoms with van der Waals surface area (Å²) in [6.07, 6.45) is -1.85. The van der Waals surface area contributed by atoms with Crippen LogP contribution in [0.15, 0.2) is 95.6 Å². The lowest BCUT2D eigenvalue weighted by molar-refractivity contribution is -0.245. The molecule has 44 nitrogen and oxygen atoms in total. The van der Waals surface area contributed by atoms with Crippen LogP contribution in [0.2, 0.25) is 0 Å². The number of nitrogens with zero attached hydrogens (tertiary/aromatic N) is 4. The van der Waals surface area contributed by atoms with Crippen LogP contribution in [-0.2, 0) is 97.5 Å². The van der Waals surface area contributed by atoms with Gasteiger partial charge < -0.3 is 141 Å². The number of ether oxygens (including phenoxy) is 3. The first-order valence-electron chi connectivity index (χ1n) is 43.5. The molecule has 3 aliphatic heterocycles. The number of carbonyl (C=O) groups is 14. The van der Waals surface area contributed by atoms with Crippen LogP contribution in [0.3, 0.4) is 0 Å². The topological polar surface area (TPSA) is 694 Å². The average molecular weight is 1840 g/mol. The highest BCUT2D eigenvalue weighted by Crippen LogP contribution is 2.53. The standard InChI is InChI=1S/C88H114N20O24/c1-42(2)29-57(80(121)101-56(17-11-27-95-87(91)92)86(127)108-28-12-18-62(108)85(126)97-38-65(90)111)102-78(119)54(16-8-9-26-94-67(113)40-130-107-44(4)88(128)34-51-70(64(35-88)132-68-33-52(89)73(114)43(3)131-68)77(118)72-71(75(51)116)74(115)50-14-10-19-63(129-5)69(50)76(72)117)100-81(122)58(30-45-20-22-48(110)23-21-45)103-84(125)61(39-109)106-82(123)59(31-46-36-96-53-15-7-6-13-49(46)53)104-83(124)60(32-47-37-93-41-98-47)105-79(120)55-24-25-66(112)99-55/h6-7,10,13-15,19-23,36-37,41-43,52,54-62,64,68,73,96,109-110,114,116,118,128H,8-9,11-12,16-18,24-35,38-40,89H2,1-5H3,(H2,90,111)(H,93,98)(H,94,113)(H,97,126)(H,99,112)(H,100,122)(H,101,121)(H,102,119)(H,103,125)(H,104,124)(H,105,120)(H,106,123)(H4,91,92,95)/b107-44+/t43-,52-,54+,55-,56-,57-,58-,59-,60-,61-,62-,64-,68-,73+,88-/m0/s1. The summed E-state index contributed by atoms with van der Waals surface area (Å²) in [7, 11) is 1.29. The largest absolute Gasteiger partial charge is 0.508 e. The highest BCUT2D eigenvalue weighted by atomic mass is 16.7. The van der Waals surface area contributed by atoms with Crippen LogP contribution in [0, 0.1) is 5.92 Å². The first-order valence-corrected chi connectivity index (χ1v) is 43.5. The average Bonchev–Trinajstić information content (AvgIpc) is 0.941. The first kappa shape index (κ1) is 98.9. The Morgan fingerprint density at radius 2 is 1.37 bits per heavy atom. The van der Waals surface area contributed by atoms with Crippen LogP contribution in [0.5, 0.6) is 23.0 Å². The number of aromatic amines is 2. The summed E-state index contributed by atoms with van der Waals surface area (Å²) in [5.74, 6) is -14.1. The van der Waals surface area contributed by atoms with Crippen molar-refractivity contribution in [3.8, 4) is 23.0 Å². The number of fused-ring (bicyclic) bond motifs is 4. The van der Waals surface area contributed by atoms with Gasteiger partial charge in [0, 0.05) is 116 Å². The molecule has 132 heavy (non-hydrogen) atoms. The van der Waals surface area contributed by atoms with Crippen LogP contribution in [0.1, 0.15) is 171 Å². The number of oxime groups is 1. The number of methoxy groups -OCH3 is 1. The number of aliphatic hydroxyl groups excluding tert-OH is 2. The Morgan fingerprint density at radius 1 is 0.720 bits per heavy atom. The molecule has 0 spiro atoms. The Morgan fingerprint density at radius 3 is 2.04 bits per heavy atom. The highest BCUT2D eigenvalue weighted by Gasteiger charge is 2.50. The van der Waals surface area contributed by atoms with E-state index in [-0.39, 0.29) is 154 Å². The zero-order valence-corrected chi connectivity index (χ0v) is 73.4. The number of aliphatic hydroxyl groups is 3. The van der Waals surface area contributed by atoms with E-state index in [1.165, 1.54) is 73.9 Å². The summed E-state index contributed by atoms with van der Waals surface area (Å²) in [4.78, 5) is 219. The number of rotatable bonds is 43. The van der Waals surface area contributed by atoms with Gasteiger partial charge in [0.1, 0.15) is 83.0 Å². The number of phenolic OH excluding ortho intramolecular Hbond substituents is 3. The molecule has 0 saturated carbocycles. The molecule has 2 aliphatic carbocycles. The predicted octanol–water partition coefficient (Wildman–Crippen LogP) is -2.89. The third kappa shape index (κ3) is 24.7. The second kappa shape index (κ2) is 44.8. The van der Waals surface area contributed by atoms with Crippen LogP contribution in [0.25, 0.3) is 10.9 Å². The van der Waals surface area contributed by atoms with Crippen molar-refractivity contribution in [3.05, 3.63) is 136 Å². The molecule has 0 radical (unpaired) electrons. The molecule has 26 N–H and O–H groups in total. The molecule has 6 aromatic rings. The Bertz CT molecular complexity index is 5320. The number of benzene rings is 4. The van der Waals surface area contributed by atoms with Crippen molar-refractivity contribution >= 4 is 105 Å². The summed E-state index contributed by atoms with van der Waals surface area (Å²) >= 11 is 0. The van der Waals surface area contributed by atoms with E-state index in [1.54, 1.807) is 51.2 Å². The maximum atomic E-state index is 15.3. The lowest BCUT2D eigenvalue weighted by atomic mass is 9.72. The van der Waals surface area contributed by atoms with Crippen LogP contribution >= 0.6 is 0 Å². The zero-order chi connectivity index (χ0) is 95.5. The molecule has 5 aliphatic rings. The van der Waals surface area contributed by atoms with Gasteiger partial charge >= 0.3 is 0 Å². The van der Waals surface area contributed by atoms with Crippen molar-refractivity contribution in [2.75, 3.05) is 46.5 Å². The molecule has 15 atom stereocenters. The fourth-order valence-corrected chi connectivity index (χ4v) is 16.8. The molecule has 3 fully saturated rings. The second-order valence-corrected chi connectivity index (χ2v) is 33.8. The van der Waals surface area contributed by atoms with E-state index in [2.05, 4.69) is 78.3 Å². The van der Waals surface area contributed by atoms with Crippen LogP contribution in [-0.4, -0.2) is 276 Å². The van der Waals surface area contributed by atoms with Gasteiger partial charge in [-0.25, -0.2) is 4.98 Å².